The van der Waals surface area contributed by atoms with Gasteiger partial charge in [-0.2, -0.15) is 0 Å². The first-order valence-electron chi connectivity index (χ1n) is 3.60. The summed E-state index contributed by atoms with van der Waals surface area (Å²) >= 11 is 0. The van der Waals surface area contributed by atoms with Crippen molar-refractivity contribution in [1.29, 1.82) is 0 Å². The minimum absolute atomic E-state index is 0. The predicted octanol–water partition coefficient (Wildman–Crippen LogP) is 0.0800. The summed E-state index contributed by atoms with van der Waals surface area (Å²) in [7, 11) is 0. The molecular formula is C7H13KO3. The fraction of sp³-hybridized carbons (Fsp3) is 0.857. The van der Waals surface area contributed by atoms with Gasteiger partial charge in [0.2, 0.25) is 0 Å². The van der Waals surface area contributed by atoms with Gasteiger partial charge in [0.1, 0.15) is 12.9 Å². The molecule has 1 saturated heterocycles. The SMILES string of the molecule is O=CCOC1CCCCO1.[KH]. The maximum absolute atomic E-state index is 9.87. The van der Waals surface area contributed by atoms with Gasteiger partial charge in [-0.15, -0.1) is 0 Å². The van der Waals surface area contributed by atoms with Crippen LogP contribution in [0.25, 0.3) is 0 Å². The first-order valence-corrected chi connectivity index (χ1v) is 3.60. The molecule has 0 saturated carbocycles. The molecule has 1 aliphatic rings. The molecule has 3 nitrogen and oxygen atoms in total. The molecule has 1 aliphatic heterocycles. The molecule has 0 bridgehead atoms. The van der Waals surface area contributed by atoms with Crippen LogP contribution in [0.4, 0.5) is 0 Å². The summed E-state index contributed by atoms with van der Waals surface area (Å²) < 4.78 is 10.2. The molecule has 0 amide bonds. The van der Waals surface area contributed by atoms with E-state index in [1.807, 2.05) is 0 Å². The van der Waals surface area contributed by atoms with Crippen LogP contribution >= 0.6 is 0 Å². The second kappa shape index (κ2) is 7.85. The minimum atomic E-state index is -0.126. The van der Waals surface area contributed by atoms with E-state index in [9.17, 15) is 4.79 Å². The van der Waals surface area contributed by atoms with E-state index in [-0.39, 0.29) is 64.3 Å². The normalized spacial score (nSPS) is 23.8. The van der Waals surface area contributed by atoms with Crippen molar-refractivity contribution < 1.29 is 14.3 Å². The number of aldehydes is 1. The molecule has 0 N–H and O–H groups in total. The number of carbonyl (C=O) groups is 1. The Kier molecular flexibility index (Phi) is 8.73. The van der Waals surface area contributed by atoms with Gasteiger partial charge in [-0.05, 0) is 19.3 Å². The Bertz CT molecular complexity index is 102. The van der Waals surface area contributed by atoms with Crippen LogP contribution in [-0.2, 0) is 14.3 Å². The molecule has 11 heavy (non-hydrogen) atoms. The van der Waals surface area contributed by atoms with Crippen LogP contribution in [0.5, 0.6) is 0 Å². The van der Waals surface area contributed by atoms with Crippen LogP contribution in [0, 0.1) is 0 Å². The van der Waals surface area contributed by atoms with Gasteiger partial charge in [0.15, 0.2) is 6.29 Å². The van der Waals surface area contributed by atoms with E-state index in [2.05, 4.69) is 0 Å². The third-order valence-electron chi connectivity index (χ3n) is 1.49. The fourth-order valence-electron chi connectivity index (χ4n) is 0.989. The summed E-state index contributed by atoms with van der Waals surface area (Å²) in [5.41, 5.74) is 0. The topological polar surface area (TPSA) is 35.5 Å². The Hall–Kier alpha value is 1.23. The van der Waals surface area contributed by atoms with Crippen molar-refractivity contribution in [3.05, 3.63) is 0 Å². The molecule has 1 rings (SSSR count). The van der Waals surface area contributed by atoms with Gasteiger partial charge >= 0.3 is 51.4 Å². The van der Waals surface area contributed by atoms with E-state index in [1.54, 1.807) is 0 Å². The molecular weight excluding hydrogens is 171 g/mol. The molecule has 0 aromatic carbocycles. The Morgan fingerprint density at radius 3 is 2.91 bits per heavy atom. The van der Waals surface area contributed by atoms with Crippen molar-refractivity contribution >= 4 is 57.7 Å². The second-order valence-electron chi connectivity index (χ2n) is 2.30. The van der Waals surface area contributed by atoms with E-state index in [1.165, 1.54) is 0 Å². The molecule has 0 spiro atoms. The molecule has 60 valence electrons. The van der Waals surface area contributed by atoms with Crippen molar-refractivity contribution in [3.63, 3.8) is 0 Å². The second-order valence-corrected chi connectivity index (χ2v) is 2.30. The monoisotopic (exact) mass is 184 g/mol. The molecule has 1 unspecified atom stereocenters. The van der Waals surface area contributed by atoms with E-state index in [4.69, 9.17) is 9.47 Å². The third kappa shape index (κ3) is 5.46. The van der Waals surface area contributed by atoms with Crippen LogP contribution in [0.3, 0.4) is 0 Å². The average molecular weight is 184 g/mol. The number of ether oxygens (including phenoxy) is 2. The first-order chi connectivity index (χ1) is 4.93. The van der Waals surface area contributed by atoms with Crippen molar-refractivity contribution in [3.8, 4) is 0 Å². The summed E-state index contributed by atoms with van der Waals surface area (Å²) in [5, 5.41) is 0. The molecule has 1 heterocycles. The van der Waals surface area contributed by atoms with Crippen molar-refractivity contribution in [1.82, 2.24) is 0 Å². The maximum atomic E-state index is 9.87. The van der Waals surface area contributed by atoms with Crippen LogP contribution in [0.1, 0.15) is 19.3 Å². The van der Waals surface area contributed by atoms with Crippen molar-refractivity contribution in [2.24, 2.45) is 0 Å². The zero-order chi connectivity index (χ0) is 7.23. The van der Waals surface area contributed by atoms with Gasteiger partial charge in [-0.25, -0.2) is 0 Å². The Balaban J connectivity index is 0.000001000. The summed E-state index contributed by atoms with van der Waals surface area (Å²) in [6, 6.07) is 0. The summed E-state index contributed by atoms with van der Waals surface area (Å²) in [6.45, 7) is 0.925. The molecule has 4 heteroatoms. The van der Waals surface area contributed by atoms with Gasteiger partial charge in [0.05, 0.1) is 0 Å². The van der Waals surface area contributed by atoms with E-state index in [0.29, 0.717) is 0 Å². The number of hydrogen-bond donors (Lipinski definition) is 0. The number of carbonyl (C=O) groups excluding carboxylic acids is 1. The van der Waals surface area contributed by atoms with E-state index in [0.717, 1.165) is 32.2 Å². The number of rotatable bonds is 3. The zero-order valence-corrected chi connectivity index (χ0v) is 5.91. The van der Waals surface area contributed by atoms with Crippen LogP contribution in [0.15, 0.2) is 0 Å². The van der Waals surface area contributed by atoms with Gasteiger partial charge < -0.3 is 14.3 Å². The first kappa shape index (κ1) is 12.2. The molecule has 0 aromatic rings. The molecule has 0 aromatic heterocycles. The molecule has 1 atom stereocenters. The van der Waals surface area contributed by atoms with E-state index < -0.39 is 0 Å². The zero-order valence-electron chi connectivity index (χ0n) is 5.91. The Morgan fingerprint density at radius 2 is 2.36 bits per heavy atom. The summed E-state index contributed by atoms with van der Waals surface area (Å²) in [6.07, 6.45) is 3.80. The molecule has 0 aliphatic carbocycles. The van der Waals surface area contributed by atoms with Crippen LogP contribution in [0.2, 0.25) is 0 Å². The van der Waals surface area contributed by atoms with Crippen molar-refractivity contribution in [2.75, 3.05) is 13.2 Å². The Morgan fingerprint density at radius 1 is 1.55 bits per heavy atom. The fourth-order valence-corrected chi connectivity index (χ4v) is 0.989. The third-order valence-corrected chi connectivity index (χ3v) is 1.49. The summed E-state index contributed by atoms with van der Waals surface area (Å²) in [4.78, 5) is 9.87. The van der Waals surface area contributed by atoms with Gasteiger partial charge in [-0.3, -0.25) is 0 Å². The van der Waals surface area contributed by atoms with E-state index >= 15 is 0 Å². The van der Waals surface area contributed by atoms with Crippen LogP contribution in [-0.4, -0.2) is 77.2 Å². The standard InChI is InChI=1S/C7H12O3.K.H/c8-4-6-10-7-3-1-2-5-9-7;;/h4,7H,1-3,5-6H2;;. The molecule has 0 radical (unpaired) electrons. The average Bonchev–Trinajstić information content (AvgIpc) is 2.03. The quantitative estimate of drug-likeness (QED) is 0.460. The van der Waals surface area contributed by atoms with Crippen molar-refractivity contribution in [2.45, 2.75) is 25.6 Å². The number of hydrogen-bond acceptors (Lipinski definition) is 3. The van der Waals surface area contributed by atoms with Gasteiger partial charge in [-0.1, -0.05) is 0 Å². The summed E-state index contributed by atoms with van der Waals surface area (Å²) in [5.74, 6) is 0. The predicted molar refractivity (Wildman–Crippen MR) is 42.8 cm³/mol. The van der Waals surface area contributed by atoms with Gasteiger partial charge in [0.25, 0.3) is 0 Å². The van der Waals surface area contributed by atoms with Gasteiger partial charge in [0, 0.05) is 6.61 Å². The van der Waals surface area contributed by atoms with Crippen LogP contribution < -0.4 is 0 Å². The Labute approximate surface area is 109 Å². The molecule has 1 fully saturated rings.